The van der Waals surface area contributed by atoms with Crippen molar-refractivity contribution in [3.63, 3.8) is 0 Å². The summed E-state index contributed by atoms with van der Waals surface area (Å²) < 4.78 is 35.2. The van der Waals surface area contributed by atoms with Crippen LogP contribution in [-0.4, -0.2) is 79.8 Å². The largest absolute Gasteiger partial charge is 0.492 e. The van der Waals surface area contributed by atoms with Crippen LogP contribution in [0, 0.1) is 17.7 Å². The van der Waals surface area contributed by atoms with Crippen molar-refractivity contribution in [1.82, 2.24) is 9.80 Å². The van der Waals surface area contributed by atoms with E-state index in [1.165, 1.54) is 23.1 Å². The molecule has 0 fully saturated rings. The number of imide groups is 2. The third-order valence-corrected chi connectivity index (χ3v) is 11.3. The highest BCUT2D eigenvalue weighted by Crippen LogP contribution is 2.33. The maximum atomic E-state index is 12.9. The molecule has 0 aliphatic carbocycles. The lowest BCUT2D eigenvalue weighted by molar-refractivity contribution is 0.0617. The molecule has 0 spiro atoms. The molecule has 0 unspecified atom stereocenters. The molecule has 6 aromatic rings. The number of benzene rings is 6. The highest BCUT2D eigenvalue weighted by Gasteiger charge is 2.37. The maximum Gasteiger partial charge on any atom is 0.261 e. The first-order chi connectivity index (χ1) is 30.1. The van der Waals surface area contributed by atoms with E-state index in [0.29, 0.717) is 44.9 Å². The summed E-state index contributed by atoms with van der Waals surface area (Å²) in [4.78, 5) is 53.5. The van der Waals surface area contributed by atoms with Crippen LogP contribution in [0.2, 0.25) is 0 Å². The molecule has 0 aromatic heterocycles. The predicted molar refractivity (Wildman–Crippen MR) is 237 cm³/mol. The second kappa shape index (κ2) is 18.0. The Kier molecular flexibility index (Phi) is 12.3. The number of hydrogen-bond donors (Lipinski definition) is 5. The van der Waals surface area contributed by atoms with E-state index in [0.717, 1.165) is 21.6 Å². The van der Waals surface area contributed by atoms with Gasteiger partial charge >= 0.3 is 0 Å². The number of nitrogens with two attached hydrogens (primary N) is 3. The molecule has 0 atom stereocenters. The third-order valence-electron chi connectivity index (χ3n) is 10.4. The van der Waals surface area contributed by atoms with Crippen molar-refractivity contribution in [1.29, 1.82) is 10.8 Å². The minimum atomic E-state index is -3.98. The zero-order chi connectivity index (χ0) is 45.0. The topological polar surface area (TPSA) is 253 Å². The van der Waals surface area contributed by atoms with Crippen LogP contribution in [0.5, 0.6) is 11.5 Å². The average Bonchev–Trinajstić information content (AvgIpc) is 3.66. The second-order valence-electron chi connectivity index (χ2n) is 14.5. The SMILES string of the molecule is Cc1ccccc1-c1ccc2c(c1)C(=O)N(CCOc1cccc(C(=N)N)c1)C2=O.N=C(N)c1cccc(OCCN2C(=O)c3ccc(-c4ccccc4S(N)(=O)=O)cc3C2=O)c1. The number of rotatable bonds is 13. The standard InChI is InChI=1S/C24H21N3O3.C23H20N4O5S/c1-15-5-2-3-8-19(15)16-9-10-20-21(14-16)24(29)27(23(20)28)11-12-30-18-7-4-6-17(13-18)22(25)26;24-21(25)15-4-3-5-16(12-15)32-11-10-27-22(28)18-9-8-14(13-19(18)23(27)29)17-6-1-2-7-20(17)33(26,30)31/h2-10,13-14H,11-12H2,1H3,(H3,25,26);1-9,12-13H,10-11H2,(H3,24,25)(H2,26,30,31). The van der Waals surface area contributed by atoms with Crippen molar-refractivity contribution in [2.45, 2.75) is 11.8 Å². The van der Waals surface area contributed by atoms with Crippen molar-refractivity contribution in [3.8, 4) is 33.8 Å². The fraction of sp³-hybridized carbons (Fsp3) is 0.106. The van der Waals surface area contributed by atoms with E-state index in [9.17, 15) is 27.6 Å². The number of nitrogens with one attached hydrogen (secondary N) is 2. The molecule has 318 valence electrons. The number of nitrogens with zero attached hydrogens (tertiary/aromatic N) is 2. The molecule has 0 bridgehead atoms. The van der Waals surface area contributed by atoms with Crippen molar-refractivity contribution < 1.29 is 37.1 Å². The molecule has 0 radical (unpaired) electrons. The Morgan fingerprint density at radius 1 is 0.524 bits per heavy atom. The maximum absolute atomic E-state index is 12.9. The minimum Gasteiger partial charge on any atom is -0.492 e. The number of carbonyl (C=O) groups excluding carboxylic acids is 4. The number of primary sulfonamides is 1. The first-order valence-electron chi connectivity index (χ1n) is 19.5. The number of hydrogen-bond acceptors (Lipinski definition) is 10. The lowest BCUT2D eigenvalue weighted by Gasteiger charge is -2.14. The number of carbonyl (C=O) groups is 4. The van der Waals surface area contributed by atoms with Crippen LogP contribution in [0.15, 0.2) is 138 Å². The molecule has 15 nitrogen and oxygen atoms in total. The summed E-state index contributed by atoms with van der Waals surface area (Å²) >= 11 is 0. The average molecular weight is 864 g/mol. The second-order valence-corrected chi connectivity index (χ2v) is 16.0. The van der Waals surface area contributed by atoms with Gasteiger partial charge in [-0.15, -0.1) is 0 Å². The number of fused-ring (bicyclic) bond motifs is 2. The van der Waals surface area contributed by atoms with Gasteiger partial charge in [0.25, 0.3) is 23.6 Å². The van der Waals surface area contributed by atoms with E-state index < -0.39 is 21.8 Å². The number of ether oxygens (including phenoxy) is 2. The normalized spacial score (nSPS) is 13.0. The van der Waals surface area contributed by atoms with Gasteiger partial charge < -0.3 is 20.9 Å². The smallest absolute Gasteiger partial charge is 0.261 e. The molecular formula is C47H41N7O8S. The molecule has 2 aliphatic heterocycles. The Hall–Kier alpha value is -7.95. The van der Waals surface area contributed by atoms with Gasteiger partial charge in [-0.05, 0) is 83.8 Å². The summed E-state index contributed by atoms with van der Waals surface area (Å²) in [6, 6.07) is 37.6. The Labute approximate surface area is 362 Å². The van der Waals surface area contributed by atoms with Gasteiger partial charge in [0.2, 0.25) is 10.0 Å². The quantitative estimate of drug-likeness (QED) is 0.0547. The lowest BCUT2D eigenvalue weighted by atomic mass is 9.97. The van der Waals surface area contributed by atoms with E-state index in [-0.39, 0.29) is 65.8 Å². The summed E-state index contributed by atoms with van der Waals surface area (Å²) in [5.41, 5.74) is 17.1. The van der Waals surface area contributed by atoms with Crippen LogP contribution in [0.3, 0.4) is 0 Å². The van der Waals surface area contributed by atoms with Crippen molar-refractivity contribution >= 4 is 45.3 Å². The highest BCUT2D eigenvalue weighted by atomic mass is 32.2. The number of nitrogen functional groups attached to an aromatic ring is 2. The van der Waals surface area contributed by atoms with E-state index in [1.54, 1.807) is 84.9 Å². The number of aryl methyl sites for hydroxylation is 1. The van der Waals surface area contributed by atoms with Crippen molar-refractivity contribution in [2.75, 3.05) is 26.3 Å². The molecule has 6 aromatic carbocycles. The summed E-state index contributed by atoms with van der Waals surface area (Å²) in [5.74, 6) is -0.736. The van der Waals surface area contributed by atoms with Crippen LogP contribution in [0.1, 0.15) is 58.1 Å². The van der Waals surface area contributed by atoms with Crippen LogP contribution >= 0.6 is 0 Å². The summed E-state index contributed by atoms with van der Waals surface area (Å²) in [6.45, 7) is 2.36. The van der Waals surface area contributed by atoms with E-state index in [4.69, 9.17) is 36.9 Å². The van der Waals surface area contributed by atoms with Gasteiger partial charge in [-0.1, -0.05) is 78.9 Å². The summed E-state index contributed by atoms with van der Waals surface area (Å²) in [5, 5.41) is 20.3. The van der Waals surface area contributed by atoms with E-state index >= 15 is 0 Å². The fourth-order valence-electron chi connectivity index (χ4n) is 7.19. The third kappa shape index (κ3) is 9.22. The van der Waals surface area contributed by atoms with Gasteiger partial charge in [-0.25, -0.2) is 13.6 Å². The molecule has 2 aliphatic rings. The van der Waals surface area contributed by atoms with Crippen LogP contribution in [-0.2, 0) is 10.0 Å². The predicted octanol–water partition coefficient (Wildman–Crippen LogP) is 5.58. The van der Waals surface area contributed by atoms with Gasteiger partial charge in [0, 0.05) is 16.7 Å². The molecule has 8 N–H and O–H groups in total. The Morgan fingerprint density at radius 3 is 1.41 bits per heavy atom. The molecule has 4 amide bonds. The molecule has 0 saturated carbocycles. The lowest BCUT2D eigenvalue weighted by Crippen LogP contribution is -2.33. The molecular weight excluding hydrogens is 823 g/mol. The molecule has 63 heavy (non-hydrogen) atoms. The Balaban J connectivity index is 0.000000190. The number of amidine groups is 2. The van der Waals surface area contributed by atoms with Crippen LogP contribution in [0.4, 0.5) is 0 Å². The van der Waals surface area contributed by atoms with Gasteiger partial charge in [0.15, 0.2) is 0 Å². The van der Waals surface area contributed by atoms with Crippen molar-refractivity contribution in [3.05, 3.63) is 172 Å². The van der Waals surface area contributed by atoms with E-state index in [2.05, 4.69) is 0 Å². The Bertz CT molecular complexity index is 2970. The molecule has 16 heteroatoms. The molecule has 0 saturated heterocycles. The van der Waals surface area contributed by atoms with E-state index in [1.807, 2.05) is 37.3 Å². The van der Waals surface area contributed by atoms with Gasteiger partial charge in [0.05, 0.1) is 40.2 Å². The van der Waals surface area contributed by atoms with Crippen LogP contribution in [0.25, 0.3) is 22.3 Å². The Morgan fingerprint density at radius 2 is 0.952 bits per heavy atom. The van der Waals surface area contributed by atoms with Gasteiger partial charge in [-0.2, -0.15) is 0 Å². The van der Waals surface area contributed by atoms with Crippen LogP contribution < -0.4 is 26.1 Å². The van der Waals surface area contributed by atoms with Crippen molar-refractivity contribution in [2.24, 2.45) is 16.6 Å². The zero-order valence-electron chi connectivity index (χ0n) is 33.8. The number of amides is 4. The van der Waals surface area contributed by atoms with Gasteiger partial charge in [-0.3, -0.25) is 39.8 Å². The fourth-order valence-corrected chi connectivity index (χ4v) is 7.95. The first kappa shape index (κ1) is 43.1. The zero-order valence-corrected chi connectivity index (χ0v) is 34.6. The molecule has 8 rings (SSSR count). The highest BCUT2D eigenvalue weighted by molar-refractivity contribution is 7.89. The number of sulfonamides is 1. The van der Waals surface area contributed by atoms with Gasteiger partial charge in [0.1, 0.15) is 36.4 Å². The molecule has 2 heterocycles. The summed E-state index contributed by atoms with van der Waals surface area (Å²) in [7, 11) is -3.98. The summed E-state index contributed by atoms with van der Waals surface area (Å²) in [6.07, 6.45) is 0. The monoisotopic (exact) mass is 863 g/mol. The minimum absolute atomic E-state index is 0.0136. The first-order valence-corrected chi connectivity index (χ1v) is 21.0.